The van der Waals surface area contributed by atoms with Crippen LogP contribution in [-0.4, -0.2) is 10.9 Å². The number of nitrogens with two attached hydrogens (primary N) is 1. The Morgan fingerprint density at radius 1 is 1.25 bits per heavy atom. The average molecular weight is 499 g/mol. The van der Waals surface area contributed by atoms with Gasteiger partial charge in [-0.15, -0.1) is 11.3 Å². The summed E-state index contributed by atoms with van der Waals surface area (Å²) in [6, 6.07) is 7.06. The van der Waals surface area contributed by atoms with Crippen molar-refractivity contribution in [3.05, 3.63) is 47.4 Å². The Hall–Kier alpha value is -0.280. The van der Waals surface area contributed by atoms with E-state index in [1.807, 2.05) is 0 Å². The predicted molar refractivity (Wildman–Crippen MR) is 97.7 cm³/mol. The number of carbonyl (C=O) groups is 1. The molecule has 2 rings (SSSR count). The van der Waals surface area contributed by atoms with Gasteiger partial charge in [-0.3, -0.25) is 4.79 Å². The summed E-state index contributed by atoms with van der Waals surface area (Å²) in [5, 5.41) is 2.83. The van der Waals surface area contributed by atoms with E-state index in [1.165, 1.54) is 11.3 Å². The van der Waals surface area contributed by atoms with Crippen molar-refractivity contribution in [3.63, 3.8) is 0 Å². The van der Waals surface area contributed by atoms with Crippen LogP contribution in [0.4, 0.5) is 5.69 Å². The van der Waals surface area contributed by atoms with Crippen LogP contribution in [0.2, 0.25) is 0 Å². The predicted octanol–water partition coefficient (Wildman–Crippen LogP) is 4.92. The lowest BCUT2D eigenvalue weighted by Crippen LogP contribution is -2.13. The molecular formula is C12H7Br3N2OS2. The van der Waals surface area contributed by atoms with Crippen LogP contribution in [-0.2, 0) is 0 Å². The fraction of sp³-hybridized carbons (Fsp3) is 0. The third-order valence-electron chi connectivity index (χ3n) is 2.40. The zero-order chi connectivity index (χ0) is 14.9. The molecule has 0 unspecified atom stereocenters. The molecule has 0 atom stereocenters. The van der Waals surface area contributed by atoms with Crippen LogP contribution in [0.3, 0.4) is 0 Å². The molecule has 0 saturated carbocycles. The summed E-state index contributed by atoms with van der Waals surface area (Å²) < 4.78 is 2.39. The van der Waals surface area contributed by atoms with Crippen LogP contribution in [0.25, 0.3) is 0 Å². The second-order valence-corrected chi connectivity index (χ2v) is 8.79. The minimum Gasteiger partial charge on any atom is -0.389 e. The van der Waals surface area contributed by atoms with Crippen LogP contribution in [0.15, 0.2) is 36.3 Å². The summed E-state index contributed by atoms with van der Waals surface area (Å²) >= 11 is 16.5. The van der Waals surface area contributed by atoms with Gasteiger partial charge in [-0.25, -0.2) is 0 Å². The first-order chi connectivity index (χ1) is 9.38. The van der Waals surface area contributed by atoms with E-state index in [0.717, 1.165) is 17.6 Å². The number of benzene rings is 1. The highest BCUT2D eigenvalue weighted by Gasteiger charge is 2.15. The fourth-order valence-corrected chi connectivity index (χ4v) is 4.85. The standard InChI is InChI=1S/C12H7Br3N2OS2/c13-7-3-5(11(16)19)1-2-8(7)17-12(18)6-4-9(14)20-10(6)15/h1-4H,(H2,16,19)(H,17,18). The van der Waals surface area contributed by atoms with Crippen molar-refractivity contribution in [1.29, 1.82) is 0 Å². The number of halogens is 3. The van der Waals surface area contributed by atoms with Gasteiger partial charge in [0, 0.05) is 10.0 Å². The van der Waals surface area contributed by atoms with Gasteiger partial charge in [-0.05, 0) is 72.1 Å². The molecule has 0 fully saturated rings. The third kappa shape index (κ3) is 3.67. The molecule has 3 nitrogen and oxygen atoms in total. The lowest BCUT2D eigenvalue weighted by atomic mass is 10.2. The number of rotatable bonds is 3. The average Bonchev–Trinajstić information content (AvgIpc) is 2.70. The quantitative estimate of drug-likeness (QED) is 0.590. The maximum absolute atomic E-state index is 12.2. The summed E-state index contributed by atoms with van der Waals surface area (Å²) in [6.45, 7) is 0. The van der Waals surface area contributed by atoms with Crippen molar-refractivity contribution >= 4 is 87.9 Å². The van der Waals surface area contributed by atoms with Gasteiger partial charge in [0.15, 0.2) is 0 Å². The van der Waals surface area contributed by atoms with E-state index in [1.54, 1.807) is 24.3 Å². The zero-order valence-corrected chi connectivity index (χ0v) is 16.1. The van der Waals surface area contributed by atoms with Gasteiger partial charge in [-0.2, -0.15) is 0 Å². The van der Waals surface area contributed by atoms with Gasteiger partial charge < -0.3 is 11.1 Å². The van der Waals surface area contributed by atoms with E-state index in [0.29, 0.717) is 16.2 Å². The first-order valence-electron chi connectivity index (χ1n) is 5.24. The minimum absolute atomic E-state index is 0.192. The summed E-state index contributed by atoms with van der Waals surface area (Å²) in [6.07, 6.45) is 0. The first kappa shape index (κ1) is 16.1. The van der Waals surface area contributed by atoms with Crippen molar-refractivity contribution in [2.24, 2.45) is 5.73 Å². The molecule has 1 heterocycles. The van der Waals surface area contributed by atoms with E-state index < -0.39 is 0 Å². The Balaban J connectivity index is 2.24. The van der Waals surface area contributed by atoms with Gasteiger partial charge in [0.05, 0.1) is 18.8 Å². The molecule has 2 aromatic rings. The Bertz CT molecular complexity index is 700. The molecule has 1 aromatic heterocycles. The minimum atomic E-state index is -0.192. The summed E-state index contributed by atoms with van der Waals surface area (Å²) in [5.74, 6) is -0.192. The van der Waals surface area contributed by atoms with Gasteiger partial charge in [0.25, 0.3) is 5.91 Å². The SMILES string of the molecule is NC(=S)c1ccc(NC(=O)c2cc(Br)sc2Br)c(Br)c1. The summed E-state index contributed by atoms with van der Waals surface area (Å²) in [5.41, 5.74) is 7.53. The number of hydrogen-bond donors (Lipinski definition) is 2. The smallest absolute Gasteiger partial charge is 0.257 e. The van der Waals surface area contributed by atoms with E-state index in [9.17, 15) is 4.79 Å². The highest BCUT2D eigenvalue weighted by atomic mass is 79.9. The molecule has 3 N–H and O–H groups in total. The van der Waals surface area contributed by atoms with Gasteiger partial charge in [0.2, 0.25) is 0 Å². The number of nitrogens with one attached hydrogen (secondary N) is 1. The van der Waals surface area contributed by atoms with E-state index in [4.69, 9.17) is 18.0 Å². The molecule has 20 heavy (non-hydrogen) atoms. The monoisotopic (exact) mass is 496 g/mol. The van der Waals surface area contributed by atoms with Gasteiger partial charge in [0.1, 0.15) is 4.99 Å². The van der Waals surface area contributed by atoms with Crippen LogP contribution in [0.5, 0.6) is 0 Å². The Morgan fingerprint density at radius 3 is 2.45 bits per heavy atom. The molecule has 1 amide bonds. The van der Waals surface area contributed by atoms with Crippen molar-refractivity contribution in [3.8, 4) is 0 Å². The molecule has 0 bridgehead atoms. The number of amides is 1. The Labute approximate surface area is 150 Å². The number of hydrogen-bond acceptors (Lipinski definition) is 3. The molecular weight excluding hydrogens is 492 g/mol. The van der Waals surface area contributed by atoms with Crippen molar-refractivity contribution in [2.75, 3.05) is 5.32 Å². The summed E-state index contributed by atoms with van der Waals surface area (Å²) in [4.78, 5) is 12.5. The lowest BCUT2D eigenvalue weighted by Gasteiger charge is -2.08. The maximum atomic E-state index is 12.2. The molecule has 0 radical (unpaired) electrons. The number of carbonyl (C=O) groups excluding carboxylic acids is 1. The molecule has 1 aromatic carbocycles. The van der Waals surface area contributed by atoms with Crippen LogP contribution in [0, 0.1) is 0 Å². The largest absolute Gasteiger partial charge is 0.389 e. The van der Waals surface area contributed by atoms with Crippen molar-refractivity contribution < 1.29 is 4.79 Å². The van der Waals surface area contributed by atoms with E-state index in [2.05, 4.69) is 53.1 Å². The van der Waals surface area contributed by atoms with Crippen LogP contribution < -0.4 is 11.1 Å². The van der Waals surface area contributed by atoms with Crippen molar-refractivity contribution in [2.45, 2.75) is 0 Å². The zero-order valence-electron chi connectivity index (χ0n) is 9.75. The molecule has 0 saturated heterocycles. The number of thiophene rings is 1. The Kier molecular flexibility index (Phi) is 5.36. The van der Waals surface area contributed by atoms with Gasteiger partial charge >= 0.3 is 0 Å². The van der Waals surface area contributed by atoms with Gasteiger partial charge in [-0.1, -0.05) is 12.2 Å². The molecule has 0 aliphatic carbocycles. The highest BCUT2D eigenvalue weighted by Crippen LogP contribution is 2.33. The maximum Gasteiger partial charge on any atom is 0.257 e. The second-order valence-electron chi connectivity index (χ2n) is 3.75. The number of thiocarbonyl (C=S) groups is 1. The first-order valence-corrected chi connectivity index (χ1v) is 8.84. The molecule has 0 spiro atoms. The molecule has 0 aliphatic heterocycles. The normalized spacial score (nSPS) is 10.3. The topological polar surface area (TPSA) is 55.1 Å². The van der Waals surface area contributed by atoms with Crippen LogP contribution in [0.1, 0.15) is 15.9 Å². The van der Waals surface area contributed by atoms with Crippen molar-refractivity contribution in [1.82, 2.24) is 0 Å². The molecule has 104 valence electrons. The van der Waals surface area contributed by atoms with E-state index in [-0.39, 0.29) is 5.91 Å². The van der Waals surface area contributed by atoms with Crippen LogP contribution >= 0.6 is 71.3 Å². The highest BCUT2D eigenvalue weighted by molar-refractivity contribution is 9.12. The van der Waals surface area contributed by atoms with E-state index >= 15 is 0 Å². The third-order valence-corrected chi connectivity index (χ3v) is 5.63. The number of anilines is 1. The summed E-state index contributed by atoms with van der Waals surface area (Å²) in [7, 11) is 0. The lowest BCUT2D eigenvalue weighted by molar-refractivity contribution is 0.102. The molecule has 8 heteroatoms. The second kappa shape index (κ2) is 6.65. The fourth-order valence-electron chi connectivity index (χ4n) is 1.45. The molecule has 0 aliphatic rings. The Morgan fingerprint density at radius 2 is 1.95 bits per heavy atom.